The normalized spacial score (nSPS) is 16.4. The molecule has 1 atom stereocenters. The van der Waals surface area contributed by atoms with Crippen molar-refractivity contribution in [2.24, 2.45) is 7.05 Å². The topological polar surface area (TPSA) is 64.0 Å². The Morgan fingerprint density at radius 2 is 2.29 bits per heavy atom. The molecule has 1 N–H and O–H groups in total. The van der Waals surface area contributed by atoms with Crippen LogP contribution in [0.4, 0.5) is 5.82 Å². The van der Waals surface area contributed by atoms with Crippen molar-refractivity contribution in [3.8, 4) is 0 Å². The third kappa shape index (κ3) is 3.12. The van der Waals surface area contributed by atoms with Crippen molar-refractivity contribution >= 4 is 35.1 Å². The van der Waals surface area contributed by atoms with Crippen LogP contribution in [0.1, 0.15) is 23.5 Å². The molecule has 0 bridgehead atoms. The molecule has 2 heterocycles. The number of rotatable bonds is 4. The largest absolute Gasteiger partial charge is 0.312 e. The Morgan fingerprint density at radius 3 is 3.00 bits per heavy atom. The van der Waals surface area contributed by atoms with E-state index < -0.39 is 0 Å². The van der Waals surface area contributed by atoms with E-state index in [4.69, 9.17) is 11.6 Å². The van der Waals surface area contributed by atoms with E-state index >= 15 is 0 Å². The summed E-state index contributed by atoms with van der Waals surface area (Å²) in [6.45, 7) is 3.67. The van der Waals surface area contributed by atoms with Crippen molar-refractivity contribution in [2.75, 3.05) is 11.1 Å². The Balaban J connectivity index is 2.16. The third-order valence-corrected chi connectivity index (χ3v) is 5.14. The summed E-state index contributed by atoms with van der Waals surface area (Å²) in [5, 5.41) is 3.93. The summed E-state index contributed by atoms with van der Waals surface area (Å²) in [4.78, 5) is 29.0. The number of amides is 1. The zero-order valence-electron chi connectivity index (χ0n) is 13.1. The van der Waals surface area contributed by atoms with Crippen LogP contribution in [0, 0.1) is 0 Å². The number of halogens is 1. The maximum absolute atomic E-state index is 12.6. The fraction of sp³-hybridized carbons (Fsp3) is 0.235. The minimum absolute atomic E-state index is 0.131. The van der Waals surface area contributed by atoms with Crippen LogP contribution in [-0.2, 0) is 11.8 Å². The van der Waals surface area contributed by atoms with Gasteiger partial charge >= 0.3 is 0 Å². The lowest BCUT2D eigenvalue weighted by Crippen LogP contribution is -2.33. The molecule has 1 aromatic carbocycles. The van der Waals surface area contributed by atoms with Gasteiger partial charge in [-0.2, -0.15) is 4.98 Å². The summed E-state index contributed by atoms with van der Waals surface area (Å²) in [7, 11) is 1.79. The molecule has 1 aliphatic heterocycles. The fourth-order valence-electron chi connectivity index (χ4n) is 2.81. The van der Waals surface area contributed by atoms with E-state index in [1.807, 2.05) is 12.1 Å². The van der Waals surface area contributed by atoms with E-state index in [0.717, 1.165) is 5.56 Å². The smallest absolute Gasteiger partial charge is 0.279 e. The lowest BCUT2D eigenvalue weighted by atomic mass is 9.87. The predicted octanol–water partition coefficient (Wildman–Crippen LogP) is 3.19. The van der Waals surface area contributed by atoms with Gasteiger partial charge in [0.1, 0.15) is 5.82 Å². The number of aromatic nitrogens is 2. The maximum atomic E-state index is 12.6. The van der Waals surface area contributed by atoms with Gasteiger partial charge in [-0.15, -0.1) is 6.58 Å². The van der Waals surface area contributed by atoms with Crippen LogP contribution in [0.2, 0.25) is 5.02 Å². The van der Waals surface area contributed by atoms with Gasteiger partial charge in [-0.05, 0) is 17.7 Å². The highest BCUT2D eigenvalue weighted by atomic mass is 35.5. The monoisotopic (exact) mass is 361 g/mol. The van der Waals surface area contributed by atoms with Crippen LogP contribution in [0.25, 0.3) is 0 Å². The van der Waals surface area contributed by atoms with Crippen LogP contribution in [-0.4, -0.2) is 21.2 Å². The summed E-state index contributed by atoms with van der Waals surface area (Å²) in [5.74, 6) is 0.651. The van der Waals surface area contributed by atoms with Crippen molar-refractivity contribution in [1.82, 2.24) is 9.55 Å². The van der Waals surface area contributed by atoms with Gasteiger partial charge in [0.2, 0.25) is 5.91 Å². The maximum Gasteiger partial charge on any atom is 0.279 e. The first-order valence-electron chi connectivity index (χ1n) is 7.41. The molecule has 0 radical (unpaired) electrons. The summed E-state index contributed by atoms with van der Waals surface area (Å²) in [5.41, 5.74) is 1.02. The van der Waals surface area contributed by atoms with Crippen molar-refractivity contribution in [2.45, 2.75) is 17.5 Å². The Morgan fingerprint density at radius 1 is 1.50 bits per heavy atom. The lowest BCUT2D eigenvalue weighted by Gasteiger charge is -2.27. The number of hydrogen-bond acceptors (Lipinski definition) is 4. The molecule has 7 heteroatoms. The molecule has 24 heavy (non-hydrogen) atoms. The lowest BCUT2D eigenvalue weighted by molar-refractivity contribution is -0.116. The van der Waals surface area contributed by atoms with Gasteiger partial charge in [-0.25, -0.2) is 0 Å². The minimum atomic E-state index is -0.350. The first kappa shape index (κ1) is 16.8. The number of nitrogens with zero attached hydrogens (tertiary/aromatic N) is 2. The Hall–Kier alpha value is -2.05. The zero-order chi connectivity index (χ0) is 17.3. The number of anilines is 1. The molecule has 0 saturated carbocycles. The highest BCUT2D eigenvalue weighted by Gasteiger charge is 2.32. The molecule has 0 spiro atoms. The van der Waals surface area contributed by atoms with Crippen molar-refractivity contribution < 1.29 is 4.79 Å². The van der Waals surface area contributed by atoms with E-state index in [0.29, 0.717) is 27.3 Å². The van der Waals surface area contributed by atoms with Gasteiger partial charge in [0.05, 0.1) is 5.56 Å². The van der Waals surface area contributed by atoms with Gasteiger partial charge in [-0.1, -0.05) is 41.6 Å². The predicted molar refractivity (Wildman–Crippen MR) is 96.9 cm³/mol. The number of nitrogens with one attached hydrogen (secondary N) is 1. The molecule has 0 aliphatic carbocycles. The standard InChI is InChI=1S/C17H16ClN3O2S/c1-3-7-24-17-20-16(23)14-12(10-5-4-6-11(18)8-10)9-13(22)19-15(14)21(17)2/h3-6,8,12H,1,7,9H2,2H3,(H,19,22)/t12-/m0/s1. The Bertz CT molecular complexity index is 879. The molecule has 5 nitrogen and oxygen atoms in total. The molecule has 1 aromatic heterocycles. The van der Waals surface area contributed by atoms with Gasteiger partial charge in [0.15, 0.2) is 5.16 Å². The molecule has 0 saturated heterocycles. The molecular weight excluding hydrogens is 346 g/mol. The first-order valence-corrected chi connectivity index (χ1v) is 8.77. The van der Waals surface area contributed by atoms with Crippen LogP contribution in [0.3, 0.4) is 0 Å². The van der Waals surface area contributed by atoms with E-state index in [9.17, 15) is 9.59 Å². The molecular formula is C17H16ClN3O2S. The second-order valence-electron chi connectivity index (χ2n) is 5.48. The van der Waals surface area contributed by atoms with Crippen LogP contribution in [0.5, 0.6) is 0 Å². The van der Waals surface area contributed by atoms with Crippen molar-refractivity contribution in [1.29, 1.82) is 0 Å². The van der Waals surface area contributed by atoms with Crippen LogP contribution >= 0.6 is 23.4 Å². The van der Waals surface area contributed by atoms with Gasteiger partial charge in [0, 0.05) is 30.2 Å². The second-order valence-corrected chi connectivity index (χ2v) is 6.90. The quantitative estimate of drug-likeness (QED) is 0.516. The minimum Gasteiger partial charge on any atom is -0.312 e. The van der Waals surface area contributed by atoms with Gasteiger partial charge in [0.25, 0.3) is 5.56 Å². The number of hydrogen-bond donors (Lipinski definition) is 1. The zero-order valence-corrected chi connectivity index (χ0v) is 14.7. The summed E-state index contributed by atoms with van der Waals surface area (Å²) < 4.78 is 1.75. The molecule has 2 aromatic rings. The number of benzene rings is 1. The van der Waals surface area contributed by atoms with E-state index in [1.54, 1.807) is 29.8 Å². The Kier molecular flexibility index (Phi) is 4.78. The molecule has 1 aliphatic rings. The molecule has 0 fully saturated rings. The third-order valence-electron chi connectivity index (χ3n) is 3.88. The van der Waals surface area contributed by atoms with Crippen molar-refractivity contribution in [3.05, 3.63) is 63.4 Å². The molecule has 0 unspecified atom stereocenters. The molecule has 3 rings (SSSR count). The highest BCUT2D eigenvalue weighted by molar-refractivity contribution is 7.99. The number of carbonyl (C=O) groups is 1. The summed E-state index contributed by atoms with van der Waals surface area (Å²) in [6.07, 6.45) is 1.94. The number of fused-ring (bicyclic) bond motifs is 1. The van der Waals surface area contributed by atoms with E-state index in [2.05, 4.69) is 16.9 Å². The summed E-state index contributed by atoms with van der Waals surface area (Å²) in [6, 6.07) is 7.24. The van der Waals surface area contributed by atoms with Gasteiger partial charge < -0.3 is 9.88 Å². The SMILES string of the molecule is C=CCSc1nc(=O)c2c(n1C)NC(=O)C[C@H]2c1cccc(Cl)c1. The second kappa shape index (κ2) is 6.83. The van der Waals surface area contributed by atoms with E-state index in [-0.39, 0.29) is 23.8 Å². The molecule has 124 valence electrons. The highest BCUT2D eigenvalue weighted by Crippen LogP contribution is 2.36. The van der Waals surface area contributed by atoms with Crippen LogP contribution < -0.4 is 10.9 Å². The van der Waals surface area contributed by atoms with E-state index in [1.165, 1.54) is 11.8 Å². The fourth-order valence-corrected chi connectivity index (χ4v) is 3.70. The van der Waals surface area contributed by atoms with Crippen LogP contribution in [0.15, 0.2) is 46.9 Å². The molecule has 1 amide bonds. The number of thioether (sulfide) groups is 1. The average Bonchev–Trinajstić information content (AvgIpc) is 2.56. The first-order chi connectivity index (χ1) is 11.5. The van der Waals surface area contributed by atoms with Crippen molar-refractivity contribution in [3.63, 3.8) is 0 Å². The van der Waals surface area contributed by atoms with Gasteiger partial charge in [-0.3, -0.25) is 9.59 Å². The summed E-state index contributed by atoms with van der Waals surface area (Å²) >= 11 is 7.46. The Labute approximate surface area is 148 Å². The average molecular weight is 362 g/mol. The number of carbonyl (C=O) groups excluding carboxylic acids is 1.